The number of benzene rings is 1. The summed E-state index contributed by atoms with van der Waals surface area (Å²) in [6.07, 6.45) is 3.07. The molecule has 0 saturated carbocycles. The van der Waals surface area contributed by atoms with Gasteiger partial charge in [0, 0.05) is 18.0 Å². The van der Waals surface area contributed by atoms with Gasteiger partial charge in [0.15, 0.2) is 5.13 Å². The second-order valence-corrected chi connectivity index (χ2v) is 7.18. The maximum Gasteiger partial charge on any atom is 0.218 e. The van der Waals surface area contributed by atoms with E-state index in [1.54, 1.807) is 31.3 Å². The Morgan fingerprint density at radius 3 is 2.74 bits per heavy atom. The van der Waals surface area contributed by atoms with Gasteiger partial charge in [0.05, 0.1) is 27.1 Å². The highest BCUT2D eigenvalue weighted by Crippen LogP contribution is 2.37. The number of aryl methyl sites for hydroxylation is 1. The number of nitrogens with two attached hydrogens (primary N) is 1. The number of nitrogen functional groups attached to an aromatic ring is 1. The number of rotatable bonds is 3. The molecule has 0 bridgehead atoms. The zero-order valence-corrected chi connectivity index (χ0v) is 14.0. The maximum atomic E-state index is 13.5. The van der Waals surface area contributed by atoms with Gasteiger partial charge in [-0.15, -0.1) is 0 Å². The lowest BCUT2D eigenvalue weighted by Crippen LogP contribution is -1.97. The van der Waals surface area contributed by atoms with Gasteiger partial charge in [-0.3, -0.25) is 4.21 Å². The highest BCUT2D eigenvalue weighted by molar-refractivity contribution is 7.84. The van der Waals surface area contributed by atoms with E-state index in [0.717, 1.165) is 10.4 Å². The lowest BCUT2D eigenvalue weighted by atomic mass is 10.1. The van der Waals surface area contributed by atoms with Crippen molar-refractivity contribution in [2.75, 3.05) is 12.0 Å². The lowest BCUT2D eigenvalue weighted by molar-refractivity contribution is 0.619. The Kier molecular flexibility index (Phi) is 4.18. The molecule has 1 atom stereocenters. The minimum absolute atomic E-state index is 0.246. The molecule has 0 spiro atoms. The first-order valence-corrected chi connectivity index (χ1v) is 9.03. The first-order chi connectivity index (χ1) is 11.0. The normalized spacial score (nSPS) is 12.3. The smallest absolute Gasteiger partial charge is 0.218 e. The molecule has 5 nitrogen and oxygen atoms in total. The van der Waals surface area contributed by atoms with Crippen LogP contribution in [0.2, 0.25) is 0 Å². The monoisotopic (exact) mass is 348 g/mol. The minimum atomic E-state index is -1.28. The van der Waals surface area contributed by atoms with Crippen molar-refractivity contribution in [2.24, 2.45) is 0 Å². The average Bonchev–Trinajstić information content (AvgIpc) is 2.92. The van der Waals surface area contributed by atoms with Crippen LogP contribution in [0.5, 0.6) is 0 Å². The Morgan fingerprint density at radius 1 is 1.26 bits per heavy atom. The highest BCUT2D eigenvalue weighted by atomic mass is 32.2. The van der Waals surface area contributed by atoms with Crippen molar-refractivity contribution in [1.82, 2.24) is 15.0 Å². The van der Waals surface area contributed by atoms with Crippen molar-refractivity contribution in [3.05, 3.63) is 41.8 Å². The third-order valence-electron chi connectivity index (χ3n) is 3.20. The van der Waals surface area contributed by atoms with Crippen LogP contribution in [0.3, 0.4) is 0 Å². The SMILES string of the molecule is Cc1cc(-c2nc(N)sc2-c2ccnc(S(C)=O)n2)ccc1F. The van der Waals surface area contributed by atoms with E-state index in [-0.39, 0.29) is 11.0 Å². The molecule has 3 aromatic rings. The number of hydrogen-bond acceptors (Lipinski definition) is 6. The molecule has 3 rings (SSSR count). The van der Waals surface area contributed by atoms with Crippen LogP contribution in [-0.2, 0) is 10.8 Å². The molecule has 8 heteroatoms. The van der Waals surface area contributed by atoms with Crippen molar-refractivity contribution in [1.29, 1.82) is 0 Å². The summed E-state index contributed by atoms with van der Waals surface area (Å²) >= 11 is 1.28. The molecule has 0 fully saturated rings. The summed E-state index contributed by atoms with van der Waals surface area (Å²) < 4.78 is 25.1. The summed E-state index contributed by atoms with van der Waals surface area (Å²) in [6, 6.07) is 6.48. The standard InChI is InChI=1S/C15H13FN4OS2/c1-8-7-9(3-4-10(8)16)12-13(22-14(17)20-12)11-5-6-18-15(19-11)23(2)21/h3-7H,1-2H3,(H2,17,20). The topological polar surface area (TPSA) is 81.8 Å². The van der Waals surface area contributed by atoms with Gasteiger partial charge < -0.3 is 5.73 Å². The third kappa shape index (κ3) is 3.13. The van der Waals surface area contributed by atoms with E-state index in [1.807, 2.05) is 0 Å². The summed E-state index contributed by atoms with van der Waals surface area (Å²) in [4.78, 5) is 13.4. The van der Waals surface area contributed by atoms with Crippen molar-refractivity contribution in [3.63, 3.8) is 0 Å². The number of aromatic nitrogens is 3. The molecule has 2 aromatic heterocycles. The number of anilines is 1. The molecule has 1 unspecified atom stereocenters. The molecule has 0 aliphatic carbocycles. The van der Waals surface area contributed by atoms with Crippen LogP contribution in [0, 0.1) is 12.7 Å². The summed E-state index contributed by atoms with van der Waals surface area (Å²) in [5.41, 5.74) is 8.35. The number of hydrogen-bond donors (Lipinski definition) is 1. The molecule has 1 aromatic carbocycles. The zero-order chi connectivity index (χ0) is 16.6. The molecule has 0 aliphatic heterocycles. The predicted molar refractivity (Wildman–Crippen MR) is 90.0 cm³/mol. The Hall–Kier alpha value is -2.19. The second-order valence-electron chi connectivity index (χ2n) is 4.87. The number of thiazole rings is 1. The molecule has 2 heterocycles. The Labute approximate surface area is 138 Å². The van der Waals surface area contributed by atoms with E-state index in [0.29, 0.717) is 22.1 Å². The van der Waals surface area contributed by atoms with E-state index < -0.39 is 10.8 Å². The fourth-order valence-electron chi connectivity index (χ4n) is 2.10. The van der Waals surface area contributed by atoms with Crippen LogP contribution in [0.4, 0.5) is 9.52 Å². The van der Waals surface area contributed by atoms with Gasteiger partial charge in [-0.1, -0.05) is 11.3 Å². The summed E-state index contributed by atoms with van der Waals surface area (Å²) in [5.74, 6) is -0.274. The Balaban J connectivity index is 2.16. The van der Waals surface area contributed by atoms with Crippen molar-refractivity contribution < 1.29 is 8.60 Å². The van der Waals surface area contributed by atoms with Gasteiger partial charge >= 0.3 is 0 Å². The van der Waals surface area contributed by atoms with E-state index >= 15 is 0 Å². The second kappa shape index (κ2) is 6.13. The predicted octanol–water partition coefficient (Wildman–Crippen LogP) is 3.03. The highest BCUT2D eigenvalue weighted by Gasteiger charge is 2.17. The van der Waals surface area contributed by atoms with Crippen molar-refractivity contribution in [2.45, 2.75) is 12.1 Å². The fourth-order valence-corrected chi connectivity index (χ4v) is 3.36. The molecule has 0 radical (unpaired) electrons. The van der Waals surface area contributed by atoms with Crippen LogP contribution in [0.25, 0.3) is 21.8 Å². The van der Waals surface area contributed by atoms with Gasteiger partial charge in [0.1, 0.15) is 5.82 Å². The maximum absolute atomic E-state index is 13.5. The van der Waals surface area contributed by atoms with E-state index in [4.69, 9.17) is 5.73 Å². The van der Waals surface area contributed by atoms with E-state index in [9.17, 15) is 8.60 Å². The number of halogens is 1. The number of nitrogens with zero attached hydrogens (tertiary/aromatic N) is 3. The molecule has 0 amide bonds. The van der Waals surface area contributed by atoms with Crippen molar-refractivity contribution >= 4 is 27.3 Å². The molecule has 0 aliphatic rings. The Morgan fingerprint density at radius 2 is 2.04 bits per heavy atom. The lowest BCUT2D eigenvalue weighted by Gasteiger charge is -2.05. The Bertz CT molecular complexity index is 910. The van der Waals surface area contributed by atoms with E-state index in [2.05, 4.69) is 15.0 Å². The van der Waals surface area contributed by atoms with Gasteiger partial charge in [0.25, 0.3) is 0 Å². The molecule has 23 heavy (non-hydrogen) atoms. The van der Waals surface area contributed by atoms with Crippen LogP contribution < -0.4 is 5.73 Å². The van der Waals surface area contributed by atoms with Crippen LogP contribution in [0.1, 0.15) is 5.56 Å². The fraction of sp³-hybridized carbons (Fsp3) is 0.133. The van der Waals surface area contributed by atoms with Crippen LogP contribution in [0.15, 0.2) is 35.6 Å². The van der Waals surface area contributed by atoms with Crippen LogP contribution in [-0.4, -0.2) is 25.4 Å². The van der Waals surface area contributed by atoms with E-state index in [1.165, 1.54) is 23.7 Å². The molecular formula is C15H13FN4OS2. The van der Waals surface area contributed by atoms with Gasteiger partial charge in [-0.25, -0.2) is 19.3 Å². The molecule has 0 saturated heterocycles. The largest absolute Gasteiger partial charge is 0.375 e. The zero-order valence-electron chi connectivity index (χ0n) is 12.4. The third-order valence-corrected chi connectivity index (χ3v) is 4.82. The summed E-state index contributed by atoms with van der Waals surface area (Å²) in [7, 11) is -1.28. The van der Waals surface area contributed by atoms with Crippen molar-refractivity contribution in [3.8, 4) is 21.8 Å². The summed E-state index contributed by atoms with van der Waals surface area (Å²) in [6.45, 7) is 1.69. The molecular weight excluding hydrogens is 335 g/mol. The van der Waals surface area contributed by atoms with Gasteiger partial charge in [-0.2, -0.15) is 0 Å². The first-order valence-electron chi connectivity index (χ1n) is 6.65. The summed E-state index contributed by atoms with van der Waals surface area (Å²) in [5, 5.41) is 0.630. The van der Waals surface area contributed by atoms with Gasteiger partial charge in [0.2, 0.25) is 5.16 Å². The van der Waals surface area contributed by atoms with Crippen LogP contribution >= 0.6 is 11.3 Å². The first kappa shape index (κ1) is 15.7. The molecule has 2 N–H and O–H groups in total. The minimum Gasteiger partial charge on any atom is -0.375 e. The molecule has 118 valence electrons. The average molecular weight is 348 g/mol. The quantitative estimate of drug-likeness (QED) is 0.736. The van der Waals surface area contributed by atoms with Gasteiger partial charge in [-0.05, 0) is 36.8 Å².